The monoisotopic (exact) mass is 517 g/mol. The van der Waals surface area contributed by atoms with Crippen molar-refractivity contribution in [3.63, 3.8) is 0 Å². The summed E-state index contributed by atoms with van der Waals surface area (Å²) in [7, 11) is 1.56. The number of nitrogens with zero attached hydrogens (tertiary/aromatic N) is 2. The number of anilines is 1. The Balaban J connectivity index is 1.32. The minimum Gasteiger partial charge on any atom is -0.457 e. The highest BCUT2D eigenvalue weighted by molar-refractivity contribution is 6.03. The molecule has 10 heteroatoms. The highest BCUT2D eigenvalue weighted by Gasteiger charge is 2.33. The van der Waals surface area contributed by atoms with Gasteiger partial charge in [0.05, 0.1) is 12.1 Å². The minimum absolute atomic E-state index is 0.247. The Kier molecular flexibility index (Phi) is 7.08. The first kappa shape index (κ1) is 25.4. The molecule has 2 aromatic carbocycles. The predicted molar refractivity (Wildman–Crippen MR) is 141 cm³/mol. The number of primary amides is 1. The van der Waals surface area contributed by atoms with Crippen molar-refractivity contribution in [1.29, 1.82) is 0 Å². The van der Waals surface area contributed by atoms with Gasteiger partial charge in [-0.05, 0) is 67.9 Å². The maximum atomic E-state index is 15.2. The maximum absolute atomic E-state index is 15.2. The van der Waals surface area contributed by atoms with Crippen molar-refractivity contribution < 1.29 is 23.5 Å². The first-order chi connectivity index (χ1) is 18.4. The lowest BCUT2D eigenvalue weighted by Gasteiger charge is -2.30. The van der Waals surface area contributed by atoms with Crippen LogP contribution in [0.3, 0.4) is 0 Å². The van der Waals surface area contributed by atoms with Crippen molar-refractivity contribution in [1.82, 2.24) is 14.9 Å². The molecule has 4 N–H and O–H groups in total. The van der Waals surface area contributed by atoms with Gasteiger partial charge in [-0.2, -0.15) is 0 Å². The number of piperidine rings is 1. The van der Waals surface area contributed by atoms with Crippen LogP contribution in [0.15, 0.2) is 67.0 Å². The number of pyridine rings is 1. The Bertz CT molecular complexity index is 1480. The number of alkyl halides is 1. The Labute approximate surface area is 218 Å². The van der Waals surface area contributed by atoms with Gasteiger partial charge in [-0.15, -0.1) is 0 Å². The Morgan fingerprint density at radius 1 is 1.13 bits per heavy atom. The molecular formula is C28H28FN5O4. The molecule has 0 atom stereocenters. The zero-order valence-electron chi connectivity index (χ0n) is 20.9. The van der Waals surface area contributed by atoms with E-state index in [1.165, 1.54) is 10.8 Å². The summed E-state index contributed by atoms with van der Waals surface area (Å²) in [6.07, 6.45) is 3.94. The van der Waals surface area contributed by atoms with Gasteiger partial charge in [0.15, 0.2) is 0 Å². The number of carbonyl (C=O) groups excluding carboxylic acids is 2. The number of nitrogens with one attached hydrogen (secondary N) is 2. The van der Waals surface area contributed by atoms with E-state index in [4.69, 9.17) is 15.2 Å². The highest BCUT2D eigenvalue weighted by Crippen LogP contribution is 2.35. The number of ether oxygens (including phenoxy) is 2. The van der Waals surface area contributed by atoms with Crippen LogP contribution < -0.4 is 21.1 Å². The summed E-state index contributed by atoms with van der Waals surface area (Å²) < 4.78 is 28.0. The molecule has 4 aromatic rings. The minimum atomic E-state index is -1.37. The van der Waals surface area contributed by atoms with E-state index >= 15 is 4.39 Å². The van der Waals surface area contributed by atoms with E-state index in [0.717, 1.165) is 5.39 Å². The van der Waals surface area contributed by atoms with Gasteiger partial charge in [0.25, 0.3) is 5.91 Å². The molecule has 3 heterocycles. The van der Waals surface area contributed by atoms with Crippen LogP contribution in [-0.2, 0) is 17.0 Å². The maximum Gasteiger partial charge on any atom is 0.323 e. The number of rotatable bonds is 7. The standard InChI is InChI=1S/C28H28FN5O4/c1-37-17-20-14-23-19(7-13-34(23)27(30)36)15-24(20)38-22-6-10-32-25(16-22)33-26(35)18-2-4-21(5-3-18)28(29)8-11-31-12-9-28/h2-7,10,13-16,31H,8-9,11-12,17H2,1H3,(H2,30,36)(H,32,33,35). The number of benzene rings is 2. The molecule has 196 valence electrons. The van der Waals surface area contributed by atoms with Crippen molar-refractivity contribution in [2.75, 3.05) is 25.5 Å². The largest absolute Gasteiger partial charge is 0.457 e. The lowest BCUT2D eigenvalue weighted by molar-refractivity contribution is 0.102. The average molecular weight is 518 g/mol. The molecule has 0 radical (unpaired) electrons. The number of aromatic nitrogens is 2. The molecule has 2 aromatic heterocycles. The number of carbonyl (C=O) groups is 2. The van der Waals surface area contributed by atoms with Crippen LogP contribution in [0.1, 0.15) is 34.3 Å². The molecule has 0 saturated carbocycles. The smallest absolute Gasteiger partial charge is 0.323 e. The molecule has 1 aliphatic heterocycles. The second kappa shape index (κ2) is 10.6. The summed E-state index contributed by atoms with van der Waals surface area (Å²) in [5.41, 5.74) is 6.41. The fourth-order valence-corrected chi connectivity index (χ4v) is 4.65. The molecule has 0 bridgehead atoms. The molecular weight excluding hydrogens is 489 g/mol. The van der Waals surface area contributed by atoms with Crippen LogP contribution in [0.5, 0.6) is 11.5 Å². The van der Waals surface area contributed by atoms with Gasteiger partial charge in [-0.1, -0.05) is 12.1 Å². The van der Waals surface area contributed by atoms with E-state index in [9.17, 15) is 9.59 Å². The molecule has 1 fully saturated rings. The summed E-state index contributed by atoms with van der Waals surface area (Å²) in [6.45, 7) is 1.50. The summed E-state index contributed by atoms with van der Waals surface area (Å²) in [6, 6.07) is 14.6. The second-order valence-electron chi connectivity index (χ2n) is 9.20. The van der Waals surface area contributed by atoms with Gasteiger partial charge in [-0.3, -0.25) is 9.36 Å². The number of halogens is 1. The fraction of sp³-hybridized carbons (Fsp3) is 0.250. The van der Waals surface area contributed by atoms with Gasteiger partial charge in [0.2, 0.25) is 0 Å². The second-order valence-corrected chi connectivity index (χ2v) is 9.20. The third kappa shape index (κ3) is 5.22. The summed E-state index contributed by atoms with van der Waals surface area (Å²) in [4.78, 5) is 28.8. The molecule has 1 saturated heterocycles. The lowest BCUT2D eigenvalue weighted by atomic mass is 9.86. The highest BCUT2D eigenvalue weighted by atomic mass is 19.1. The third-order valence-corrected chi connectivity index (χ3v) is 6.67. The van der Waals surface area contributed by atoms with Gasteiger partial charge < -0.3 is 25.8 Å². The Morgan fingerprint density at radius 2 is 1.89 bits per heavy atom. The normalized spacial score (nSPS) is 14.8. The van der Waals surface area contributed by atoms with E-state index < -0.39 is 11.7 Å². The van der Waals surface area contributed by atoms with Crippen molar-refractivity contribution in [2.24, 2.45) is 5.73 Å². The van der Waals surface area contributed by atoms with E-state index in [2.05, 4.69) is 15.6 Å². The predicted octanol–water partition coefficient (Wildman–Crippen LogP) is 4.70. The van der Waals surface area contributed by atoms with Crippen LogP contribution in [0.2, 0.25) is 0 Å². The quantitative estimate of drug-likeness (QED) is 0.327. The van der Waals surface area contributed by atoms with Crippen molar-refractivity contribution in [2.45, 2.75) is 25.1 Å². The van der Waals surface area contributed by atoms with Crippen molar-refractivity contribution in [3.05, 3.63) is 83.7 Å². The number of hydrogen-bond donors (Lipinski definition) is 3. The molecule has 2 amide bonds. The number of amides is 2. The number of methoxy groups -OCH3 is 1. The number of nitrogens with two attached hydrogens (primary N) is 1. The van der Waals surface area contributed by atoms with Gasteiger partial charge in [0, 0.05) is 42.1 Å². The van der Waals surface area contributed by atoms with Gasteiger partial charge in [0.1, 0.15) is 23.0 Å². The molecule has 9 nitrogen and oxygen atoms in total. The molecule has 0 aliphatic carbocycles. The molecule has 0 spiro atoms. The average Bonchev–Trinajstić information content (AvgIpc) is 3.33. The van der Waals surface area contributed by atoms with Gasteiger partial charge >= 0.3 is 6.03 Å². The zero-order valence-corrected chi connectivity index (χ0v) is 20.9. The van der Waals surface area contributed by atoms with Gasteiger partial charge in [-0.25, -0.2) is 14.2 Å². The molecule has 5 rings (SSSR count). The Hall–Kier alpha value is -4.28. The zero-order chi connectivity index (χ0) is 26.7. The van der Waals surface area contributed by atoms with Crippen LogP contribution in [0, 0.1) is 0 Å². The van der Waals surface area contributed by atoms with E-state index in [-0.39, 0.29) is 12.5 Å². The molecule has 0 unspecified atom stereocenters. The summed E-state index contributed by atoms with van der Waals surface area (Å²) in [5.74, 6) is 0.903. The van der Waals surface area contributed by atoms with Crippen LogP contribution in [0.25, 0.3) is 10.9 Å². The van der Waals surface area contributed by atoms with E-state index in [0.29, 0.717) is 65.5 Å². The topological polar surface area (TPSA) is 120 Å². The van der Waals surface area contributed by atoms with Crippen LogP contribution >= 0.6 is 0 Å². The van der Waals surface area contributed by atoms with E-state index in [1.807, 2.05) is 0 Å². The first-order valence-corrected chi connectivity index (χ1v) is 12.2. The number of hydrogen-bond acceptors (Lipinski definition) is 6. The third-order valence-electron chi connectivity index (χ3n) is 6.67. The first-order valence-electron chi connectivity index (χ1n) is 12.2. The SMILES string of the molecule is COCc1cc2c(ccn2C(N)=O)cc1Oc1ccnc(NC(=O)c2ccc(C3(F)CCNCC3)cc2)c1. The summed E-state index contributed by atoms with van der Waals surface area (Å²) in [5, 5.41) is 6.70. The summed E-state index contributed by atoms with van der Waals surface area (Å²) >= 11 is 0. The van der Waals surface area contributed by atoms with Crippen molar-refractivity contribution in [3.8, 4) is 11.5 Å². The molecule has 1 aliphatic rings. The van der Waals surface area contributed by atoms with Crippen LogP contribution in [0.4, 0.5) is 15.0 Å². The Morgan fingerprint density at radius 3 is 2.61 bits per heavy atom. The lowest BCUT2D eigenvalue weighted by Crippen LogP contribution is -2.36. The molecule has 38 heavy (non-hydrogen) atoms. The van der Waals surface area contributed by atoms with Crippen molar-refractivity contribution >= 4 is 28.7 Å². The van der Waals surface area contributed by atoms with Crippen LogP contribution in [-0.4, -0.2) is 41.7 Å². The van der Waals surface area contributed by atoms with E-state index in [1.54, 1.807) is 67.9 Å². The fourth-order valence-electron chi connectivity index (χ4n) is 4.65. The number of fused-ring (bicyclic) bond motifs is 1.